The lowest BCUT2D eigenvalue weighted by molar-refractivity contribution is 0.352. The zero-order valence-corrected chi connectivity index (χ0v) is 19.6. The first-order valence-electron chi connectivity index (χ1n) is 11.7. The molecule has 3 N–H and O–H groups in total. The lowest BCUT2D eigenvalue weighted by Crippen LogP contribution is -2.36. The summed E-state index contributed by atoms with van der Waals surface area (Å²) in [6.45, 7) is 0.857. The standard InChI is InChI=1S/C26H32N6O/c1-32(2)25-21-6-4-5-7-24(21)30-26(31-25)29-19-10-8-18(9-11-19)27-15-17-16-28-23-13-12-20(33-3)14-22(17)23/h4-7,12-14,16,18-19,27-28H,8-11,15H2,1-3H3,(H,29,30,31). The number of aromatic nitrogens is 3. The summed E-state index contributed by atoms with van der Waals surface area (Å²) >= 11 is 0. The van der Waals surface area contributed by atoms with Crippen LogP contribution in [0.3, 0.4) is 0 Å². The molecule has 0 atom stereocenters. The molecular weight excluding hydrogens is 412 g/mol. The molecule has 2 aromatic heterocycles. The first-order chi connectivity index (χ1) is 16.1. The number of ether oxygens (including phenoxy) is 1. The number of anilines is 2. The zero-order valence-electron chi connectivity index (χ0n) is 19.6. The molecule has 0 aliphatic heterocycles. The number of nitrogens with one attached hydrogen (secondary N) is 3. The molecule has 1 aliphatic rings. The van der Waals surface area contributed by atoms with Crippen molar-refractivity contribution in [2.45, 2.75) is 44.3 Å². The van der Waals surface area contributed by atoms with Gasteiger partial charge in [-0.05, 0) is 61.6 Å². The maximum absolute atomic E-state index is 5.39. The number of rotatable bonds is 7. The molecule has 2 aromatic carbocycles. The molecule has 0 saturated heterocycles. The third-order valence-electron chi connectivity index (χ3n) is 6.62. The normalized spacial score (nSPS) is 18.5. The van der Waals surface area contributed by atoms with E-state index in [0.717, 1.165) is 66.2 Å². The van der Waals surface area contributed by atoms with Gasteiger partial charge in [0.1, 0.15) is 11.6 Å². The van der Waals surface area contributed by atoms with Crippen LogP contribution in [-0.4, -0.2) is 48.2 Å². The van der Waals surface area contributed by atoms with Gasteiger partial charge in [0.05, 0.1) is 12.6 Å². The largest absolute Gasteiger partial charge is 0.497 e. The third-order valence-corrected chi connectivity index (χ3v) is 6.62. The van der Waals surface area contributed by atoms with E-state index in [0.29, 0.717) is 12.1 Å². The predicted octanol–water partition coefficient (Wildman–Crippen LogP) is 4.70. The summed E-state index contributed by atoms with van der Waals surface area (Å²) in [5.41, 5.74) is 3.40. The highest BCUT2D eigenvalue weighted by Crippen LogP contribution is 2.27. The molecule has 2 heterocycles. The highest BCUT2D eigenvalue weighted by Gasteiger charge is 2.22. The van der Waals surface area contributed by atoms with Crippen molar-refractivity contribution in [1.82, 2.24) is 20.3 Å². The average molecular weight is 445 g/mol. The van der Waals surface area contributed by atoms with Crippen LogP contribution >= 0.6 is 0 Å². The van der Waals surface area contributed by atoms with E-state index in [-0.39, 0.29) is 0 Å². The van der Waals surface area contributed by atoms with Crippen LogP contribution < -0.4 is 20.3 Å². The van der Waals surface area contributed by atoms with Crippen LogP contribution in [0.1, 0.15) is 31.2 Å². The molecule has 0 unspecified atom stereocenters. The van der Waals surface area contributed by atoms with Gasteiger partial charge in [-0.15, -0.1) is 0 Å². The van der Waals surface area contributed by atoms with Crippen molar-refractivity contribution in [3.05, 3.63) is 54.2 Å². The Bertz CT molecular complexity index is 1240. The molecule has 33 heavy (non-hydrogen) atoms. The fourth-order valence-corrected chi connectivity index (χ4v) is 4.77. The number of H-pyrrole nitrogens is 1. The Morgan fingerprint density at radius 1 is 1.00 bits per heavy atom. The molecule has 0 amide bonds. The van der Waals surface area contributed by atoms with Crippen molar-refractivity contribution >= 4 is 33.6 Å². The molecule has 1 saturated carbocycles. The Labute approximate surface area is 194 Å². The van der Waals surface area contributed by atoms with E-state index in [2.05, 4.69) is 51.0 Å². The smallest absolute Gasteiger partial charge is 0.225 e. The van der Waals surface area contributed by atoms with Crippen LogP contribution in [0.4, 0.5) is 11.8 Å². The van der Waals surface area contributed by atoms with Crippen molar-refractivity contribution < 1.29 is 4.74 Å². The van der Waals surface area contributed by atoms with E-state index < -0.39 is 0 Å². The summed E-state index contributed by atoms with van der Waals surface area (Å²) in [5, 5.41) is 9.66. The van der Waals surface area contributed by atoms with E-state index in [1.807, 2.05) is 32.3 Å². The number of para-hydroxylation sites is 1. The van der Waals surface area contributed by atoms with Gasteiger partial charge in [-0.25, -0.2) is 4.98 Å². The first-order valence-corrected chi connectivity index (χ1v) is 11.7. The van der Waals surface area contributed by atoms with Crippen molar-refractivity contribution in [3.8, 4) is 5.75 Å². The van der Waals surface area contributed by atoms with Crippen molar-refractivity contribution in [2.75, 3.05) is 31.4 Å². The molecule has 0 bridgehead atoms. The molecule has 7 nitrogen and oxygen atoms in total. The second-order valence-electron chi connectivity index (χ2n) is 9.08. The maximum Gasteiger partial charge on any atom is 0.225 e. The molecular formula is C26H32N6O. The summed E-state index contributed by atoms with van der Waals surface area (Å²) < 4.78 is 5.39. The highest BCUT2D eigenvalue weighted by atomic mass is 16.5. The summed E-state index contributed by atoms with van der Waals surface area (Å²) in [7, 11) is 5.76. The Morgan fingerprint density at radius 3 is 2.58 bits per heavy atom. The van der Waals surface area contributed by atoms with Gasteiger partial charge in [0.25, 0.3) is 0 Å². The van der Waals surface area contributed by atoms with E-state index in [9.17, 15) is 0 Å². The minimum Gasteiger partial charge on any atom is -0.497 e. The van der Waals surface area contributed by atoms with Gasteiger partial charge in [0.2, 0.25) is 5.95 Å². The van der Waals surface area contributed by atoms with Gasteiger partial charge < -0.3 is 25.3 Å². The van der Waals surface area contributed by atoms with E-state index in [1.54, 1.807) is 7.11 Å². The van der Waals surface area contributed by atoms with Crippen molar-refractivity contribution in [2.24, 2.45) is 0 Å². The zero-order chi connectivity index (χ0) is 22.8. The molecule has 4 aromatic rings. The summed E-state index contributed by atoms with van der Waals surface area (Å²) in [6.07, 6.45) is 6.58. The fourth-order valence-electron chi connectivity index (χ4n) is 4.77. The molecule has 7 heteroatoms. The van der Waals surface area contributed by atoms with Crippen LogP contribution in [-0.2, 0) is 6.54 Å². The number of methoxy groups -OCH3 is 1. The number of hydrogen-bond acceptors (Lipinski definition) is 6. The predicted molar refractivity (Wildman–Crippen MR) is 135 cm³/mol. The SMILES string of the molecule is COc1ccc2[nH]cc(CNC3CCC(Nc4nc(N(C)C)c5ccccc5n4)CC3)c2c1. The molecule has 0 radical (unpaired) electrons. The van der Waals surface area contributed by atoms with Gasteiger partial charge in [-0.2, -0.15) is 4.98 Å². The number of benzene rings is 2. The van der Waals surface area contributed by atoms with Gasteiger partial charge in [-0.3, -0.25) is 0 Å². The lowest BCUT2D eigenvalue weighted by Gasteiger charge is -2.30. The second kappa shape index (κ2) is 9.27. The number of fused-ring (bicyclic) bond motifs is 2. The van der Waals surface area contributed by atoms with E-state index in [1.165, 1.54) is 10.9 Å². The molecule has 0 spiro atoms. The van der Waals surface area contributed by atoms with Crippen LogP contribution in [0.5, 0.6) is 5.75 Å². The molecule has 172 valence electrons. The monoisotopic (exact) mass is 444 g/mol. The summed E-state index contributed by atoms with van der Waals surface area (Å²) in [4.78, 5) is 15.0. The maximum atomic E-state index is 5.39. The number of nitrogens with zero attached hydrogens (tertiary/aromatic N) is 3. The third kappa shape index (κ3) is 4.59. The van der Waals surface area contributed by atoms with Gasteiger partial charge in [-0.1, -0.05) is 12.1 Å². The highest BCUT2D eigenvalue weighted by molar-refractivity contribution is 5.90. The fraction of sp³-hybridized carbons (Fsp3) is 0.385. The first kappa shape index (κ1) is 21.5. The van der Waals surface area contributed by atoms with Gasteiger partial charge in [0.15, 0.2) is 0 Å². The van der Waals surface area contributed by atoms with Gasteiger partial charge >= 0.3 is 0 Å². The Balaban J connectivity index is 1.19. The number of aromatic amines is 1. The molecule has 1 fully saturated rings. The van der Waals surface area contributed by atoms with Gasteiger partial charge in [0, 0.05) is 55.2 Å². The van der Waals surface area contributed by atoms with E-state index in [4.69, 9.17) is 14.7 Å². The number of hydrogen-bond donors (Lipinski definition) is 3. The van der Waals surface area contributed by atoms with Crippen LogP contribution in [0.2, 0.25) is 0 Å². The quantitative estimate of drug-likeness (QED) is 0.384. The van der Waals surface area contributed by atoms with Crippen LogP contribution in [0.15, 0.2) is 48.7 Å². The van der Waals surface area contributed by atoms with Crippen LogP contribution in [0.25, 0.3) is 21.8 Å². The Morgan fingerprint density at radius 2 is 1.79 bits per heavy atom. The lowest BCUT2D eigenvalue weighted by atomic mass is 9.91. The van der Waals surface area contributed by atoms with E-state index >= 15 is 0 Å². The minimum atomic E-state index is 0.400. The topological polar surface area (TPSA) is 78.1 Å². The Hall–Kier alpha value is -3.32. The minimum absolute atomic E-state index is 0.400. The molecule has 1 aliphatic carbocycles. The van der Waals surface area contributed by atoms with Crippen LogP contribution in [0, 0.1) is 0 Å². The Kier molecular flexibility index (Phi) is 6.05. The average Bonchev–Trinajstić information content (AvgIpc) is 3.25. The molecule has 5 rings (SSSR count). The summed E-state index contributed by atoms with van der Waals surface area (Å²) in [5.74, 6) is 2.57. The van der Waals surface area contributed by atoms with Crippen molar-refractivity contribution in [3.63, 3.8) is 0 Å². The second-order valence-corrected chi connectivity index (χ2v) is 9.08. The van der Waals surface area contributed by atoms with Crippen molar-refractivity contribution in [1.29, 1.82) is 0 Å². The summed E-state index contributed by atoms with van der Waals surface area (Å²) in [6, 6.07) is 15.3.